The summed E-state index contributed by atoms with van der Waals surface area (Å²) in [5, 5.41) is 1.63. The van der Waals surface area contributed by atoms with E-state index in [1.807, 2.05) is 32.0 Å². The molecule has 1 aromatic carbocycles. The van der Waals surface area contributed by atoms with Gasteiger partial charge >= 0.3 is 5.63 Å². The summed E-state index contributed by atoms with van der Waals surface area (Å²) in [4.78, 5) is 11.5. The van der Waals surface area contributed by atoms with E-state index in [4.69, 9.17) is 4.42 Å². The maximum atomic E-state index is 11.5. The third kappa shape index (κ3) is 1.33. The van der Waals surface area contributed by atoms with Crippen molar-refractivity contribution in [3.8, 4) is 0 Å². The van der Waals surface area contributed by atoms with Gasteiger partial charge in [0, 0.05) is 0 Å². The van der Waals surface area contributed by atoms with Gasteiger partial charge in [-0.05, 0) is 49.4 Å². The molecule has 2 heteroatoms. The van der Waals surface area contributed by atoms with E-state index in [2.05, 4.69) is 0 Å². The molecule has 0 N–H and O–H groups in total. The van der Waals surface area contributed by atoms with Crippen molar-refractivity contribution < 1.29 is 4.42 Å². The Balaban J connectivity index is 2.96. The molecule has 14 heavy (non-hydrogen) atoms. The zero-order chi connectivity index (χ0) is 10.3. The monoisotopic (exact) mass is 188 g/mol. The van der Waals surface area contributed by atoms with Crippen LogP contribution in [0.5, 0.6) is 0 Å². The molecule has 2 aromatic rings. The van der Waals surface area contributed by atoms with E-state index in [0.29, 0.717) is 11.1 Å². The average molecular weight is 188 g/mol. The summed E-state index contributed by atoms with van der Waals surface area (Å²) in [6.07, 6.45) is 0. The first-order valence-electron chi connectivity index (χ1n) is 4.59. The van der Waals surface area contributed by atoms with Crippen molar-refractivity contribution >= 4 is 10.8 Å². The molecule has 2 nitrogen and oxygen atoms in total. The number of aryl methyl sites for hydroxylation is 3. The highest BCUT2D eigenvalue weighted by molar-refractivity contribution is 5.82. The van der Waals surface area contributed by atoms with Gasteiger partial charge in [0.25, 0.3) is 0 Å². The minimum absolute atomic E-state index is 0.247. The number of benzene rings is 1. The molecule has 0 aliphatic carbocycles. The van der Waals surface area contributed by atoms with Gasteiger partial charge in [-0.25, -0.2) is 4.79 Å². The molecule has 0 aliphatic heterocycles. The van der Waals surface area contributed by atoms with Crippen molar-refractivity contribution in [2.24, 2.45) is 0 Å². The SMILES string of the molecule is Cc1cc2cc(C)c(C)cc2c(=O)o1. The fourth-order valence-electron chi connectivity index (χ4n) is 1.58. The fourth-order valence-corrected chi connectivity index (χ4v) is 1.58. The molecule has 0 saturated heterocycles. The van der Waals surface area contributed by atoms with E-state index in [1.54, 1.807) is 6.92 Å². The summed E-state index contributed by atoms with van der Waals surface area (Å²) in [6, 6.07) is 5.80. The van der Waals surface area contributed by atoms with Gasteiger partial charge in [-0.15, -0.1) is 0 Å². The summed E-state index contributed by atoms with van der Waals surface area (Å²) in [6.45, 7) is 5.82. The van der Waals surface area contributed by atoms with Crippen LogP contribution in [0.25, 0.3) is 10.8 Å². The maximum absolute atomic E-state index is 11.5. The van der Waals surface area contributed by atoms with Gasteiger partial charge in [0.15, 0.2) is 0 Å². The topological polar surface area (TPSA) is 30.2 Å². The van der Waals surface area contributed by atoms with E-state index in [0.717, 1.165) is 10.9 Å². The van der Waals surface area contributed by atoms with Crippen LogP contribution in [0.3, 0.4) is 0 Å². The second kappa shape index (κ2) is 2.98. The molecule has 1 heterocycles. The molecule has 0 radical (unpaired) electrons. The van der Waals surface area contributed by atoms with Crippen molar-refractivity contribution in [1.82, 2.24) is 0 Å². The molecule has 0 atom stereocenters. The molecule has 2 rings (SSSR count). The number of rotatable bonds is 0. The lowest BCUT2D eigenvalue weighted by atomic mass is 10.0. The van der Waals surface area contributed by atoms with Crippen LogP contribution in [-0.4, -0.2) is 0 Å². The van der Waals surface area contributed by atoms with Crippen LogP contribution in [0.15, 0.2) is 27.4 Å². The van der Waals surface area contributed by atoms with Crippen molar-refractivity contribution in [3.05, 3.63) is 45.5 Å². The maximum Gasteiger partial charge on any atom is 0.343 e. The quantitative estimate of drug-likeness (QED) is 0.636. The minimum Gasteiger partial charge on any atom is -0.428 e. The fraction of sp³-hybridized carbons (Fsp3) is 0.250. The van der Waals surface area contributed by atoms with Crippen LogP contribution in [0.1, 0.15) is 16.9 Å². The van der Waals surface area contributed by atoms with Crippen LogP contribution < -0.4 is 5.63 Å². The lowest BCUT2D eigenvalue weighted by Gasteiger charge is -2.02. The van der Waals surface area contributed by atoms with Crippen molar-refractivity contribution in [2.45, 2.75) is 20.8 Å². The Morgan fingerprint density at radius 2 is 1.64 bits per heavy atom. The highest BCUT2D eigenvalue weighted by Crippen LogP contribution is 2.17. The molecule has 0 bridgehead atoms. The predicted molar refractivity (Wildman–Crippen MR) is 56.7 cm³/mol. The summed E-state index contributed by atoms with van der Waals surface area (Å²) in [5.41, 5.74) is 2.07. The smallest absolute Gasteiger partial charge is 0.343 e. The first-order valence-corrected chi connectivity index (χ1v) is 4.59. The molecule has 1 aromatic heterocycles. The summed E-state index contributed by atoms with van der Waals surface area (Å²) < 4.78 is 5.03. The average Bonchev–Trinajstić information content (AvgIpc) is 2.08. The van der Waals surface area contributed by atoms with Crippen LogP contribution in [0.4, 0.5) is 0 Å². The Hall–Kier alpha value is -1.57. The van der Waals surface area contributed by atoms with Crippen LogP contribution in [0.2, 0.25) is 0 Å². The third-order valence-corrected chi connectivity index (χ3v) is 2.50. The summed E-state index contributed by atoms with van der Waals surface area (Å²) in [7, 11) is 0. The van der Waals surface area contributed by atoms with Crippen molar-refractivity contribution in [1.29, 1.82) is 0 Å². The first kappa shape index (κ1) is 9.00. The van der Waals surface area contributed by atoms with Gasteiger partial charge < -0.3 is 4.42 Å². The minimum atomic E-state index is -0.247. The van der Waals surface area contributed by atoms with Gasteiger partial charge in [0.1, 0.15) is 5.76 Å². The molecule has 0 amide bonds. The van der Waals surface area contributed by atoms with Gasteiger partial charge in [-0.3, -0.25) is 0 Å². The highest BCUT2D eigenvalue weighted by atomic mass is 16.4. The normalized spacial score (nSPS) is 10.8. The van der Waals surface area contributed by atoms with E-state index in [1.165, 1.54) is 5.56 Å². The lowest BCUT2D eigenvalue weighted by molar-refractivity contribution is 0.488. The van der Waals surface area contributed by atoms with E-state index in [-0.39, 0.29) is 5.63 Å². The van der Waals surface area contributed by atoms with E-state index in [9.17, 15) is 4.79 Å². The Bertz CT molecular complexity index is 550. The highest BCUT2D eigenvalue weighted by Gasteiger charge is 2.03. The number of hydrogen-bond donors (Lipinski definition) is 0. The van der Waals surface area contributed by atoms with Gasteiger partial charge in [0.2, 0.25) is 0 Å². The standard InChI is InChI=1S/C12H12O2/c1-7-4-10-6-9(3)14-12(13)11(10)5-8(7)2/h4-6H,1-3H3. The molecule has 0 saturated carbocycles. The zero-order valence-electron chi connectivity index (χ0n) is 8.55. The summed E-state index contributed by atoms with van der Waals surface area (Å²) >= 11 is 0. The summed E-state index contributed by atoms with van der Waals surface area (Å²) in [5.74, 6) is 0.658. The van der Waals surface area contributed by atoms with Gasteiger partial charge in [-0.2, -0.15) is 0 Å². The molecule has 0 spiro atoms. The van der Waals surface area contributed by atoms with Crippen molar-refractivity contribution in [2.75, 3.05) is 0 Å². The molecular weight excluding hydrogens is 176 g/mol. The Morgan fingerprint density at radius 1 is 1.00 bits per heavy atom. The zero-order valence-corrected chi connectivity index (χ0v) is 8.55. The Morgan fingerprint density at radius 3 is 2.36 bits per heavy atom. The third-order valence-electron chi connectivity index (χ3n) is 2.50. The lowest BCUT2D eigenvalue weighted by Crippen LogP contribution is -2.01. The molecule has 0 fully saturated rings. The second-order valence-corrected chi connectivity index (χ2v) is 3.67. The Kier molecular flexibility index (Phi) is 1.92. The molecule has 0 aliphatic rings. The van der Waals surface area contributed by atoms with Crippen molar-refractivity contribution in [3.63, 3.8) is 0 Å². The van der Waals surface area contributed by atoms with Gasteiger partial charge in [-0.1, -0.05) is 6.07 Å². The first-order chi connectivity index (χ1) is 6.58. The largest absolute Gasteiger partial charge is 0.428 e. The van der Waals surface area contributed by atoms with Crippen LogP contribution in [-0.2, 0) is 0 Å². The second-order valence-electron chi connectivity index (χ2n) is 3.67. The van der Waals surface area contributed by atoms with Crippen LogP contribution in [0, 0.1) is 20.8 Å². The molecule has 0 unspecified atom stereocenters. The van der Waals surface area contributed by atoms with Gasteiger partial charge in [0.05, 0.1) is 5.39 Å². The predicted octanol–water partition coefficient (Wildman–Crippen LogP) is 2.72. The number of hydrogen-bond acceptors (Lipinski definition) is 2. The molecular formula is C12H12O2. The van der Waals surface area contributed by atoms with E-state index >= 15 is 0 Å². The number of fused-ring (bicyclic) bond motifs is 1. The Labute approximate surface area is 82.2 Å². The van der Waals surface area contributed by atoms with E-state index < -0.39 is 0 Å². The molecule has 72 valence electrons. The van der Waals surface area contributed by atoms with Crippen LogP contribution >= 0.6 is 0 Å².